The van der Waals surface area contributed by atoms with Crippen molar-refractivity contribution in [1.82, 2.24) is 0 Å². The van der Waals surface area contributed by atoms with Gasteiger partial charge in [0.2, 0.25) is 8.32 Å². The van der Waals surface area contributed by atoms with E-state index in [2.05, 4.69) is 52.1 Å². The summed E-state index contributed by atoms with van der Waals surface area (Å²) in [7, 11) is -2.12. The number of hydrogen-bond donors (Lipinski definition) is 0. The summed E-state index contributed by atoms with van der Waals surface area (Å²) in [6, 6.07) is 11.6. The SMILES string of the molecule is CCOC(=O)/C(=C/CCc1ccc(C23CC4CC(CC(C4)C2)C3)c(O[Si](C)(C)C(C)(C)C)c1)c1cccc(C(F)(F)F)c1. The molecule has 0 aliphatic heterocycles. The Balaban J connectivity index is 1.45. The Morgan fingerprint density at radius 2 is 1.60 bits per heavy atom. The van der Waals surface area contributed by atoms with E-state index in [4.69, 9.17) is 9.16 Å². The Labute approximate surface area is 256 Å². The Bertz CT molecular complexity index is 1330. The molecule has 6 rings (SSSR count). The fourth-order valence-electron chi connectivity index (χ4n) is 7.89. The van der Waals surface area contributed by atoms with Gasteiger partial charge in [-0.15, -0.1) is 0 Å². The van der Waals surface area contributed by atoms with Crippen LogP contribution in [0.5, 0.6) is 5.75 Å². The van der Waals surface area contributed by atoms with Gasteiger partial charge in [-0.25, -0.2) is 4.79 Å². The number of carbonyl (C=O) groups is 1. The summed E-state index contributed by atoms with van der Waals surface area (Å²) in [5.74, 6) is 2.90. The largest absolute Gasteiger partial charge is 0.543 e. The molecule has 2 aromatic carbocycles. The summed E-state index contributed by atoms with van der Waals surface area (Å²) in [5, 5.41) is 0.0595. The van der Waals surface area contributed by atoms with E-state index >= 15 is 0 Å². The number of hydrogen-bond acceptors (Lipinski definition) is 3. The zero-order chi connectivity index (χ0) is 31.2. The first-order chi connectivity index (χ1) is 20.1. The lowest BCUT2D eigenvalue weighted by Gasteiger charge is -2.57. The number of halogens is 3. The molecule has 0 N–H and O–H groups in total. The topological polar surface area (TPSA) is 35.5 Å². The molecule has 0 radical (unpaired) electrons. The van der Waals surface area contributed by atoms with Gasteiger partial charge >= 0.3 is 12.1 Å². The van der Waals surface area contributed by atoms with Gasteiger partial charge in [0.15, 0.2) is 0 Å². The van der Waals surface area contributed by atoms with Crippen LogP contribution in [0.1, 0.15) is 94.9 Å². The van der Waals surface area contributed by atoms with Crippen LogP contribution in [0.3, 0.4) is 0 Å². The van der Waals surface area contributed by atoms with Gasteiger partial charge in [0.25, 0.3) is 0 Å². The molecule has 4 fully saturated rings. The molecule has 0 aromatic heterocycles. The van der Waals surface area contributed by atoms with Crippen molar-refractivity contribution in [1.29, 1.82) is 0 Å². The van der Waals surface area contributed by atoms with Crippen LogP contribution in [0.25, 0.3) is 5.57 Å². The minimum Gasteiger partial charge on any atom is -0.543 e. The molecule has 4 aliphatic rings. The lowest BCUT2D eigenvalue weighted by molar-refractivity contribution is -0.138. The second-order valence-electron chi connectivity index (χ2n) is 14.8. The van der Waals surface area contributed by atoms with Gasteiger partial charge in [-0.05, 0) is 134 Å². The van der Waals surface area contributed by atoms with E-state index in [-0.39, 0.29) is 28.2 Å². The molecule has 0 heterocycles. The van der Waals surface area contributed by atoms with E-state index in [1.807, 2.05) is 0 Å². The molecule has 0 unspecified atom stereocenters. The van der Waals surface area contributed by atoms with Crippen LogP contribution >= 0.6 is 0 Å². The quantitative estimate of drug-likeness (QED) is 0.161. The van der Waals surface area contributed by atoms with E-state index in [0.29, 0.717) is 12.8 Å². The van der Waals surface area contributed by atoms with Crippen molar-refractivity contribution < 1.29 is 27.1 Å². The van der Waals surface area contributed by atoms with Gasteiger partial charge in [0.05, 0.1) is 17.7 Å². The Hall–Kier alpha value is -2.54. The van der Waals surface area contributed by atoms with Gasteiger partial charge in [0.1, 0.15) is 5.75 Å². The Morgan fingerprint density at radius 3 is 2.16 bits per heavy atom. The van der Waals surface area contributed by atoms with Gasteiger partial charge in [-0.2, -0.15) is 13.2 Å². The van der Waals surface area contributed by atoms with Crippen LogP contribution in [-0.2, 0) is 27.5 Å². The second-order valence-corrected chi connectivity index (χ2v) is 19.6. The first-order valence-corrected chi connectivity index (χ1v) is 18.9. The summed E-state index contributed by atoms with van der Waals surface area (Å²) in [5.41, 5.74) is 2.28. The summed E-state index contributed by atoms with van der Waals surface area (Å²) >= 11 is 0. The number of aryl methyl sites for hydroxylation is 1. The molecule has 234 valence electrons. The van der Waals surface area contributed by atoms with Crippen LogP contribution in [0, 0.1) is 17.8 Å². The Kier molecular flexibility index (Phi) is 8.71. The van der Waals surface area contributed by atoms with E-state index in [0.717, 1.165) is 41.2 Å². The monoisotopic (exact) mass is 612 g/mol. The molecule has 7 heteroatoms. The van der Waals surface area contributed by atoms with Crippen LogP contribution < -0.4 is 4.43 Å². The molecule has 4 aliphatic carbocycles. The summed E-state index contributed by atoms with van der Waals surface area (Å²) < 4.78 is 52.5. The maximum absolute atomic E-state index is 13.4. The van der Waals surface area contributed by atoms with Gasteiger partial charge < -0.3 is 9.16 Å². The van der Waals surface area contributed by atoms with Crippen molar-refractivity contribution in [2.75, 3.05) is 6.61 Å². The average molecular weight is 613 g/mol. The summed E-state index contributed by atoms with van der Waals surface area (Å²) in [6.07, 6.45) is 6.28. The van der Waals surface area contributed by atoms with Crippen molar-refractivity contribution in [3.8, 4) is 5.75 Å². The number of ether oxygens (including phenoxy) is 1. The van der Waals surface area contributed by atoms with Crippen LogP contribution in [0.15, 0.2) is 48.5 Å². The van der Waals surface area contributed by atoms with Gasteiger partial charge in [-0.3, -0.25) is 0 Å². The molecule has 4 saturated carbocycles. The maximum Gasteiger partial charge on any atom is 0.416 e. The number of allylic oxidation sites excluding steroid dienone is 1. The zero-order valence-corrected chi connectivity index (χ0v) is 27.6. The fourth-order valence-corrected chi connectivity index (χ4v) is 8.91. The third kappa shape index (κ3) is 6.77. The zero-order valence-electron chi connectivity index (χ0n) is 26.6. The predicted octanol–water partition coefficient (Wildman–Crippen LogP) is 10.1. The van der Waals surface area contributed by atoms with Gasteiger partial charge in [-0.1, -0.05) is 51.1 Å². The normalized spacial score (nSPS) is 25.6. The summed E-state index contributed by atoms with van der Waals surface area (Å²) in [4.78, 5) is 12.8. The van der Waals surface area contributed by atoms with Crippen molar-refractivity contribution in [3.63, 3.8) is 0 Å². The van der Waals surface area contributed by atoms with Crippen molar-refractivity contribution >= 4 is 19.9 Å². The lowest BCUT2D eigenvalue weighted by atomic mass is 9.48. The minimum absolute atomic E-state index is 0.0595. The molecule has 0 spiro atoms. The van der Waals surface area contributed by atoms with E-state index in [1.165, 1.54) is 56.2 Å². The standard InChI is InChI=1S/C36H47F3O3Si/c1-7-41-33(40)30(28-11-9-12-29(20-28)36(37,38)39)13-8-10-24-14-15-31(32(19-24)42-43(5,6)34(2,3)4)35-21-25-16-26(22-35)18-27(17-25)23-35/h9,11-15,19-20,25-27H,7-8,10,16-18,21-23H2,1-6H3/b30-13+. The molecule has 0 saturated heterocycles. The molecule has 4 bridgehead atoms. The minimum atomic E-state index is -4.49. The molecular formula is C36H47F3O3Si. The molecule has 0 atom stereocenters. The molecule has 2 aromatic rings. The van der Waals surface area contributed by atoms with Crippen LogP contribution in [-0.4, -0.2) is 20.9 Å². The first-order valence-electron chi connectivity index (χ1n) is 16.0. The highest BCUT2D eigenvalue weighted by Crippen LogP contribution is 2.62. The molecule has 43 heavy (non-hydrogen) atoms. The summed E-state index contributed by atoms with van der Waals surface area (Å²) in [6.45, 7) is 13.2. The average Bonchev–Trinajstić information content (AvgIpc) is 2.89. The van der Waals surface area contributed by atoms with Crippen LogP contribution in [0.4, 0.5) is 13.2 Å². The van der Waals surface area contributed by atoms with Crippen molar-refractivity contribution in [3.05, 3.63) is 70.8 Å². The van der Waals surface area contributed by atoms with E-state index < -0.39 is 26.0 Å². The highest BCUT2D eigenvalue weighted by atomic mass is 28.4. The number of alkyl halides is 3. The lowest BCUT2D eigenvalue weighted by Crippen LogP contribution is -2.49. The maximum atomic E-state index is 13.4. The first kappa shape index (κ1) is 31.9. The van der Waals surface area contributed by atoms with Gasteiger partial charge in [0, 0.05) is 0 Å². The fraction of sp³-hybridized carbons (Fsp3) is 0.583. The third-order valence-electron chi connectivity index (χ3n) is 10.6. The third-order valence-corrected chi connectivity index (χ3v) is 14.9. The smallest absolute Gasteiger partial charge is 0.416 e. The number of carbonyl (C=O) groups excluding carboxylic acids is 1. The highest BCUT2D eigenvalue weighted by Gasteiger charge is 2.53. The van der Waals surface area contributed by atoms with Crippen LogP contribution in [0.2, 0.25) is 18.1 Å². The highest BCUT2D eigenvalue weighted by molar-refractivity contribution is 6.74. The number of benzene rings is 2. The number of rotatable bonds is 9. The number of esters is 1. The van der Waals surface area contributed by atoms with E-state index in [9.17, 15) is 18.0 Å². The van der Waals surface area contributed by atoms with Crippen molar-refractivity contribution in [2.45, 2.75) is 109 Å². The molecule has 0 amide bonds. The second kappa shape index (κ2) is 11.8. The van der Waals surface area contributed by atoms with Crippen molar-refractivity contribution in [2.24, 2.45) is 17.8 Å². The molecule has 3 nitrogen and oxygen atoms in total. The Morgan fingerprint density at radius 1 is 0.977 bits per heavy atom. The predicted molar refractivity (Wildman–Crippen MR) is 168 cm³/mol. The van der Waals surface area contributed by atoms with E-state index in [1.54, 1.807) is 13.0 Å². The molecular weight excluding hydrogens is 565 g/mol.